The van der Waals surface area contributed by atoms with E-state index in [-0.39, 0.29) is 10.8 Å². The van der Waals surface area contributed by atoms with Gasteiger partial charge in [0.05, 0.1) is 30.9 Å². The molecule has 5 rings (SSSR count). The summed E-state index contributed by atoms with van der Waals surface area (Å²) in [5.41, 5.74) is 5.76. The predicted octanol–water partition coefficient (Wildman–Crippen LogP) is 6.26. The summed E-state index contributed by atoms with van der Waals surface area (Å²) in [5, 5.41) is 11.0. The van der Waals surface area contributed by atoms with E-state index in [1.54, 1.807) is 36.5 Å². The van der Waals surface area contributed by atoms with Crippen LogP contribution in [0.15, 0.2) is 100 Å². The van der Waals surface area contributed by atoms with Crippen molar-refractivity contribution in [2.24, 2.45) is 5.10 Å². The number of hydrogen-bond donors (Lipinski definition) is 1. The maximum atomic E-state index is 12.7. The summed E-state index contributed by atoms with van der Waals surface area (Å²) in [6, 6.07) is 24.2. The SMILES string of the molecule is COc1cc(C=NNc2nc(-c3ccccc3)cs2)ccc1Oc1cnn(-c2ccccc2)c(=O)c1Cl. The first-order chi connectivity index (χ1) is 18.1. The van der Waals surface area contributed by atoms with E-state index < -0.39 is 5.56 Å². The summed E-state index contributed by atoms with van der Waals surface area (Å²) in [5.74, 6) is 0.937. The number of hydrazone groups is 1. The molecule has 0 radical (unpaired) electrons. The average Bonchev–Trinajstić information content (AvgIpc) is 3.42. The number of thiazole rings is 1. The number of benzene rings is 3. The fourth-order valence-electron chi connectivity index (χ4n) is 3.44. The van der Waals surface area contributed by atoms with Crippen LogP contribution in [0, 0.1) is 0 Å². The largest absolute Gasteiger partial charge is 0.493 e. The van der Waals surface area contributed by atoms with Crippen molar-refractivity contribution in [1.29, 1.82) is 0 Å². The molecule has 37 heavy (non-hydrogen) atoms. The van der Waals surface area contributed by atoms with Crippen LogP contribution in [0.5, 0.6) is 17.2 Å². The molecule has 0 aliphatic heterocycles. The van der Waals surface area contributed by atoms with Crippen LogP contribution in [0.25, 0.3) is 16.9 Å². The molecule has 0 spiro atoms. The van der Waals surface area contributed by atoms with Crippen LogP contribution >= 0.6 is 22.9 Å². The minimum Gasteiger partial charge on any atom is -0.493 e. The van der Waals surface area contributed by atoms with Crippen LogP contribution in [0.4, 0.5) is 5.13 Å². The molecular weight excluding hydrogens is 510 g/mol. The molecule has 184 valence electrons. The minimum absolute atomic E-state index is 0.0888. The molecule has 2 aromatic heterocycles. The molecule has 3 aromatic carbocycles. The van der Waals surface area contributed by atoms with Gasteiger partial charge in [0, 0.05) is 10.9 Å². The van der Waals surface area contributed by atoms with Gasteiger partial charge in [-0.05, 0) is 35.9 Å². The molecule has 0 atom stereocenters. The summed E-state index contributed by atoms with van der Waals surface area (Å²) >= 11 is 7.79. The Bertz CT molecular complexity index is 1600. The molecule has 0 amide bonds. The lowest BCUT2D eigenvalue weighted by molar-refractivity contribution is 0.377. The lowest BCUT2D eigenvalue weighted by Crippen LogP contribution is -2.21. The molecule has 0 saturated heterocycles. The van der Waals surface area contributed by atoms with Crippen LogP contribution < -0.4 is 20.5 Å². The second-order valence-corrected chi connectivity index (χ2v) is 8.90. The lowest BCUT2D eigenvalue weighted by Gasteiger charge is -2.12. The second-order valence-electron chi connectivity index (χ2n) is 7.66. The molecule has 0 unspecified atom stereocenters. The van der Waals surface area contributed by atoms with Crippen molar-refractivity contribution in [2.75, 3.05) is 12.5 Å². The zero-order valence-electron chi connectivity index (χ0n) is 19.5. The molecule has 0 saturated carbocycles. The zero-order valence-corrected chi connectivity index (χ0v) is 21.1. The number of aromatic nitrogens is 3. The number of hydrogen-bond acceptors (Lipinski definition) is 8. The number of para-hydroxylation sites is 1. The number of anilines is 1. The number of methoxy groups -OCH3 is 1. The topological polar surface area (TPSA) is 90.6 Å². The van der Waals surface area contributed by atoms with E-state index in [4.69, 9.17) is 21.1 Å². The zero-order chi connectivity index (χ0) is 25.6. The Morgan fingerprint density at radius 1 is 1.00 bits per heavy atom. The van der Waals surface area contributed by atoms with Crippen LogP contribution in [0.1, 0.15) is 5.56 Å². The van der Waals surface area contributed by atoms with E-state index in [0.29, 0.717) is 22.3 Å². The van der Waals surface area contributed by atoms with Crippen molar-refractivity contribution in [3.05, 3.63) is 111 Å². The smallest absolute Gasteiger partial charge is 0.294 e. The normalized spacial score (nSPS) is 11.0. The number of rotatable bonds is 8. The molecule has 0 aliphatic rings. The van der Waals surface area contributed by atoms with Gasteiger partial charge in [-0.2, -0.15) is 14.9 Å². The van der Waals surface area contributed by atoms with E-state index in [2.05, 4.69) is 20.6 Å². The van der Waals surface area contributed by atoms with Crippen LogP contribution in [-0.4, -0.2) is 28.1 Å². The Morgan fingerprint density at radius 3 is 2.51 bits per heavy atom. The maximum absolute atomic E-state index is 12.7. The van der Waals surface area contributed by atoms with Crippen molar-refractivity contribution in [3.8, 4) is 34.2 Å². The van der Waals surface area contributed by atoms with Gasteiger partial charge in [0.2, 0.25) is 5.13 Å². The Morgan fingerprint density at radius 2 is 1.76 bits per heavy atom. The van der Waals surface area contributed by atoms with Gasteiger partial charge >= 0.3 is 0 Å². The van der Waals surface area contributed by atoms with Crippen molar-refractivity contribution in [1.82, 2.24) is 14.8 Å². The monoisotopic (exact) mass is 529 g/mol. The number of halogens is 1. The van der Waals surface area contributed by atoms with Gasteiger partial charge in [-0.25, -0.2) is 4.98 Å². The fourth-order valence-corrected chi connectivity index (χ4v) is 4.27. The summed E-state index contributed by atoms with van der Waals surface area (Å²) in [4.78, 5) is 17.3. The molecule has 0 bridgehead atoms. The Balaban J connectivity index is 1.29. The quantitative estimate of drug-likeness (QED) is 0.188. The van der Waals surface area contributed by atoms with Gasteiger partial charge in [0.1, 0.15) is 0 Å². The first-order valence-corrected chi connectivity index (χ1v) is 12.4. The van der Waals surface area contributed by atoms with Crippen LogP contribution in [0.3, 0.4) is 0 Å². The van der Waals surface area contributed by atoms with E-state index in [1.165, 1.54) is 29.3 Å². The first-order valence-electron chi connectivity index (χ1n) is 11.1. The summed E-state index contributed by atoms with van der Waals surface area (Å²) < 4.78 is 12.6. The number of nitrogens with zero attached hydrogens (tertiary/aromatic N) is 4. The van der Waals surface area contributed by atoms with E-state index in [1.807, 2.05) is 53.9 Å². The van der Waals surface area contributed by atoms with Gasteiger partial charge < -0.3 is 9.47 Å². The summed E-state index contributed by atoms with van der Waals surface area (Å²) in [6.07, 6.45) is 3.04. The highest BCUT2D eigenvalue weighted by atomic mass is 35.5. The van der Waals surface area contributed by atoms with Gasteiger partial charge in [0.25, 0.3) is 5.56 Å². The van der Waals surface area contributed by atoms with Crippen molar-refractivity contribution in [3.63, 3.8) is 0 Å². The van der Waals surface area contributed by atoms with Crippen molar-refractivity contribution < 1.29 is 9.47 Å². The Kier molecular flexibility index (Phi) is 7.25. The lowest BCUT2D eigenvalue weighted by atomic mass is 10.2. The van der Waals surface area contributed by atoms with Gasteiger partial charge in [-0.15, -0.1) is 11.3 Å². The highest BCUT2D eigenvalue weighted by molar-refractivity contribution is 7.14. The van der Waals surface area contributed by atoms with E-state index >= 15 is 0 Å². The molecule has 0 fully saturated rings. The predicted molar refractivity (Wildman–Crippen MR) is 147 cm³/mol. The molecule has 0 aliphatic carbocycles. The van der Waals surface area contributed by atoms with Crippen molar-refractivity contribution >= 4 is 34.3 Å². The molecular formula is C27H20ClN5O3S. The second kappa shape index (κ2) is 11.1. The Hall–Kier alpha value is -4.47. The maximum Gasteiger partial charge on any atom is 0.294 e. The van der Waals surface area contributed by atoms with Crippen LogP contribution in [0.2, 0.25) is 5.02 Å². The molecule has 5 aromatic rings. The average molecular weight is 530 g/mol. The molecule has 2 heterocycles. The van der Waals surface area contributed by atoms with E-state index in [9.17, 15) is 4.79 Å². The third-order valence-electron chi connectivity index (χ3n) is 5.24. The third-order valence-corrected chi connectivity index (χ3v) is 6.34. The Labute approximate surface area is 221 Å². The number of nitrogens with one attached hydrogen (secondary N) is 1. The standard InChI is InChI=1S/C27H20ClN5O3S/c1-35-23-14-18(15-29-32-27-31-21(17-37-27)19-8-4-2-5-9-19)12-13-22(23)36-24-16-30-33(26(34)25(24)28)20-10-6-3-7-11-20/h2-17H,1H3,(H,31,32). The van der Waals surface area contributed by atoms with Crippen LogP contribution in [-0.2, 0) is 0 Å². The van der Waals surface area contributed by atoms with E-state index in [0.717, 1.165) is 16.8 Å². The fraction of sp³-hybridized carbons (Fsp3) is 0.0370. The summed E-state index contributed by atoms with van der Waals surface area (Å²) in [6.45, 7) is 0. The van der Waals surface area contributed by atoms with Gasteiger partial charge in [-0.1, -0.05) is 60.1 Å². The summed E-state index contributed by atoms with van der Waals surface area (Å²) in [7, 11) is 1.52. The van der Waals surface area contributed by atoms with Gasteiger partial charge in [-0.3, -0.25) is 10.2 Å². The third kappa shape index (κ3) is 5.53. The highest BCUT2D eigenvalue weighted by Crippen LogP contribution is 2.34. The van der Waals surface area contributed by atoms with Crippen molar-refractivity contribution in [2.45, 2.75) is 0 Å². The number of ether oxygens (including phenoxy) is 2. The highest BCUT2D eigenvalue weighted by Gasteiger charge is 2.15. The molecule has 8 nitrogen and oxygen atoms in total. The van der Waals surface area contributed by atoms with Gasteiger partial charge in [0.15, 0.2) is 22.3 Å². The first kappa shape index (κ1) is 24.2. The molecule has 10 heteroatoms. The minimum atomic E-state index is -0.489. The molecule has 1 N–H and O–H groups in total.